The first kappa shape index (κ1) is 23.3. The lowest BCUT2D eigenvalue weighted by atomic mass is 10.0. The highest BCUT2D eigenvalue weighted by molar-refractivity contribution is 5.86. The molecule has 2 unspecified atom stereocenters. The molecule has 3 aromatic carbocycles. The minimum absolute atomic E-state index is 0.0157. The Hall–Kier alpha value is -4.43. The number of carbonyl (C=O) groups is 1. The number of rotatable bonds is 9. The minimum atomic E-state index is -0.530. The highest BCUT2D eigenvalue weighted by Gasteiger charge is 2.23. The van der Waals surface area contributed by atoms with Crippen LogP contribution < -0.4 is 10.6 Å². The Morgan fingerprint density at radius 1 is 1.06 bits per heavy atom. The smallest absolute Gasteiger partial charge is 0.269 e. The van der Waals surface area contributed by atoms with Gasteiger partial charge in [0.2, 0.25) is 5.91 Å². The molecule has 2 aromatic heterocycles. The Morgan fingerprint density at radius 2 is 1.81 bits per heavy atom. The number of amides is 1. The number of hydrogen-bond acceptors (Lipinski definition) is 5. The zero-order valence-electron chi connectivity index (χ0n) is 19.7. The number of furan rings is 1. The van der Waals surface area contributed by atoms with Gasteiger partial charge in [0.05, 0.1) is 23.6 Å². The van der Waals surface area contributed by atoms with E-state index in [1.165, 1.54) is 12.1 Å². The summed E-state index contributed by atoms with van der Waals surface area (Å²) in [7, 11) is 0. The number of fused-ring (bicyclic) bond motifs is 2. The molecule has 182 valence electrons. The van der Waals surface area contributed by atoms with Crippen molar-refractivity contribution < 1.29 is 14.1 Å². The molecule has 2 atom stereocenters. The van der Waals surface area contributed by atoms with E-state index in [1.54, 1.807) is 12.1 Å². The van der Waals surface area contributed by atoms with E-state index in [0.717, 1.165) is 38.8 Å². The highest BCUT2D eigenvalue weighted by atomic mass is 16.6. The Labute approximate surface area is 207 Å². The SMILES string of the molecule is CC(NC(=O)C(Cc1c[nH]c2ccccc12)NCc1cc2ccccc2o1)c1ccc([N+](=O)[O-])cc1. The fraction of sp³-hybridized carbons (Fsp3) is 0.179. The number of hydrogen-bond donors (Lipinski definition) is 3. The summed E-state index contributed by atoms with van der Waals surface area (Å²) >= 11 is 0. The predicted octanol–water partition coefficient (Wildman–Crippen LogP) is 5.40. The van der Waals surface area contributed by atoms with Crippen LogP contribution in [0.2, 0.25) is 0 Å². The van der Waals surface area contributed by atoms with Gasteiger partial charge in [-0.1, -0.05) is 48.5 Å². The van der Waals surface area contributed by atoms with Crippen molar-refractivity contribution >= 4 is 33.5 Å². The Balaban J connectivity index is 1.34. The second-order valence-electron chi connectivity index (χ2n) is 8.83. The molecule has 0 fully saturated rings. The Bertz CT molecular complexity index is 1490. The van der Waals surface area contributed by atoms with Crippen LogP contribution in [-0.2, 0) is 17.8 Å². The molecule has 8 heteroatoms. The van der Waals surface area contributed by atoms with E-state index < -0.39 is 11.0 Å². The number of para-hydroxylation sites is 2. The van der Waals surface area contributed by atoms with E-state index in [-0.39, 0.29) is 17.6 Å². The molecule has 0 aliphatic heterocycles. The molecule has 3 N–H and O–H groups in total. The van der Waals surface area contributed by atoms with Gasteiger partial charge >= 0.3 is 0 Å². The maximum Gasteiger partial charge on any atom is 0.269 e. The van der Waals surface area contributed by atoms with Crippen LogP contribution in [0.5, 0.6) is 0 Å². The first-order valence-electron chi connectivity index (χ1n) is 11.8. The van der Waals surface area contributed by atoms with Crippen molar-refractivity contribution in [3.05, 3.63) is 112 Å². The van der Waals surface area contributed by atoms with Crippen molar-refractivity contribution in [2.45, 2.75) is 32.0 Å². The second-order valence-corrected chi connectivity index (χ2v) is 8.83. The normalized spacial score (nSPS) is 13.0. The molecule has 1 amide bonds. The van der Waals surface area contributed by atoms with E-state index in [2.05, 4.69) is 15.6 Å². The summed E-state index contributed by atoms with van der Waals surface area (Å²) in [6.45, 7) is 2.25. The topological polar surface area (TPSA) is 113 Å². The highest BCUT2D eigenvalue weighted by Crippen LogP contribution is 2.22. The van der Waals surface area contributed by atoms with Gasteiger partial charge in [0.1, 0.15) is 11.3 Å². The van der Waals surface area contributed by atoms with Crippen molar-refractivity contribution in [3.8, 4) is 0 Å². The second kappa shape index (κ2) is 10.1. The van der Waals surface area contributed by atoms with Crippen LogP contribution in [0.3, 0.4) is 0 Å². The average Bonchev–Trinajstić information content (AvgIpc) is 3.50. The zero-order valence-corrected chi connectivity index (χ0v) is 19.7. The molecule has 0 bridgehead atoms. The summed E-state index contributed by atoms with van der Waals surface area (Å²) in [4.78, 5) is 27.2. The standard InChI is InChI=1S/C28H26N4O4/c1-18(19-10-12-22(13-11-19)32(34)35)31-28(33)26(15-21-16-29-25-8-4-3-7-24(21)25)30-17-23-14-20-6-2-5-9-27(20)36-23/h2-14,16,18,26,29-30H,15,17H2,1H3,(H,31,33). The van der Waals surface area contributed by atoms with Gasteiger partial charge < -0.3 is 14.7 Å². The molecular weight excluding hydrogens is 456 g/mol. The number of nitro groups is 1. The number of aromatic nitrogens is 1. The summed E-state index contributed by atoms with van der Waals surface area (Å²) in [6.07, 6.45) is 2.41. The van der Waals surface area contributed by atoms with Crippen LogP contribution in [0.15, 0.2) is 89.5 Å². The van der Waals surface area contributed by atoms with Gasteiger partial charge in [0.25, 0.3) is 5.69 Å². The van der Waals surface area contributed by atoms with Crippen LogP contribution in [0.25, 0.3) is 21.9 Å². The van der Waals surface area contributed by atoms with Crippen LogP contribution in [0, 0.1) is 10.1 Å². The molecule has 0 spiro atoms. The molecule has 0 aliphatic carbocycles. The van der Waals surface area contributed by atoms with Crippen LogP contribution in [0.1, 0.15) is 29.9 Å². The van der Waals surface area contributed by atoms with E-state index in [0.29, 0.717) is 13.0 Å². The zero-order chi connectivity index (χ0) is 25.1. The quantitative estimate of drug-likeness (QED) is 0.192. The van der Waals surface area contributed by atoms with Gasteiger partial charge in [-0.05, 0) is 42.7 Å². The first-order valence-corrected chi connectivity index (χ1v) is 11.8. The van der Waals surface area contributed by atoms with Crippen molar-refractivity contribution in [2.24, 2.45) is 0 Å². The van der Waals surface area contributed by atoms with Gasteiger partial charge in [-0.2, -0.15) is 0 Å². The third kappa shape index (κ3) is 4.99. The van der Waals surface area contributed by atoms with Crippen molar-refractivity contribution in [2.75, 3.05) is 0 Å². The number of nitrogens with zero attached hydrogens (tertiary/aromatic N) is 1. The summed E-state index contributed by atoms with van der Waals surface area (Å²) in [6, 6.07) is 23.1. The molecule has 5 aromatic rings. The van der Waals surface area contributed by atoms with Gasteiger partial charge in [0.15, 0.2) is 0 Å². The number of nitrogens with one attached hydrogen (secondary N) is 3. The predicted molar refractivity (Wildman–Crippen MR) is 138 cm³/mol. The summed E-state index contributed by atoms with van der Waals surface area (Å²) < 4.78 is 5.93. The largest absolute Gasteiger partial charge is 0.460 e. The Morgan fingerprint density at radius 3 is 2.58 bits per heavy atom. The number of benzene rings is 3. The Kier molecular flexibility index (Phi) is 6.51. The molecule has 36 heavy (non-hydrogen) atoms. The van der Waals surface area contributed by atoms with Gasteiger partial charge in [0, 0.05) is 34.6 Å². The van der Waals surface area contributed by atoms with Gasteiger partial charge in [-0.25, -0.2) is 0 Å². The number of carbonyl (C=O) groups excluding carboxylic acids is 1. The molecule has 8 nitrogen and oxygen atoms in total. The molecule has 0 radical (unpaired) electrons. The lowest BCUT2D eigenvalue weighted by Crippen LogP contribution is -2.46. The maximum atomic E-state index is 13.4. The van der Waals surface area contributed by atoms with Crippen molar-refractivity contribution in [1.82, 2.24) is 15.6 Å². The number of nitro benzene ring substituents is 1. The fourth-order valence-electron chi connectivity index (χ4n) is 4.41. The van der Waals surface area contributed by atoms with Crippen molar-refractivity contribution in [3.63, 3.8) is 0 Å². The maximum absolute atomic E-state index is 13.4. The third-order valence-electron chi connectivity index (χ3n) is 6.38. The van der Waals surface area contributed by atoms with Crippen LogP contribution in [0.4, 0.5) is 5.69 Å². The summed E-state index contributed by atoms with van der Waals surface area (Å²) in [5, 5.41) is 19.5. The summed E-state index contributed by atoms with van der Waals surface area (Å²) in [5.74, 6) is 0.582. The van der Waals surface area contributed by atoms with Crippen LogP contribution in [-0.4, -0.2) is 21.9 Å². The van der Waals surface area contributed by atoms with E-state index in [4.69, 9.17) is 4.42 Å². The number of aromatic amines is 1. The van der Waals surface area contributed by atoms with E-state index in [9.17, 15) is 14.9 Å². The van der Waals surface area contributed by atoms with E-state index >= 15 is 0 Å². The monoisotopic (exact) mass is 482 g/mol. The van der Waals surface area contributed by atoms with Gasteiger partial charge in [-0.3, -0.25) is 20.2 Å². The number of non-ortho nitro benzene ring substituents is 1. The fourth-order valence-corrected chi connectivity index (χ4v) is 4.41. The van der Waals surface area contributed by atoms with E-state index in [1.807, 2.05) is 67.7 Å². The molecule has 0 saturated heterocycles. The molecule has 5 rings (SSSR count). The first-order chi connectivity index (χ1) is 17.5. The molecule has 0 saturated carbocycles. The third-order valence-corrected chi connectivity index (χ3v) is 6.38. The molecular formula is C28H26N4O4. The average molecular weight is 483 g/mol. The van der Waals surface area contributed by atoms with Crippen molar-refractivity contribution in [1.29, 1.82) is 0 Å². The lowest BCUT2D eigenvalue weighted by molar-refractivity contribution is -0.384. The summed E-state index contributed by atoms with van der Waals surface area (Å²) in [5.41, 5.74) is 3.66. The molecule has 2 heterocycles. The molecule has 0 aliphatic rings. The van der Waals surface area contributed by atoms with Crippen LogP contribution >= 0.6 is 0 Å². The van der Waals surface area contributed by atoms with Gasteiger partial charge in [-0.15, -0.1) is 0 Å². The number of H-pyrrole nitrogens is 1. The minimum Gasteiger partial charge on any atom is -0.460 e. The lowest BCUT2D eigenvalue weighted by Gasteiger charge is -2.21.